The minimum atomic E-state index is -1.13. The van der Waals surface area contributed by atoms with Gasteiger partial charge in [-0.2, -0.15) is 0 Å². The molecular weight excluding hydrogens is 136 g/mol. The maximum atomic E-state index is 10.3. The molecule has 0 rings (SSSR count). The number of ketones is 1. The van der Waals surface area contributed by atoms with Crippen molar-refractivity contribution in [1.29, 1.82) is 0 Å². The summed E-state index contributed by atoms with van der Waals surface area (Å²) in [5, 5.41) is 17.4. The van der Waals surface area contributed by atoms with Crippen molar-refractivity contribution in [2.45, 2.75) is 25.6 Å². The zero-order valence-electron chi connectivity index (χ0n) is 5.65. The lowest BCUT2D eigenvalue weighted by Gasteiger charge is -2.09. The van der Waals surface area contributed by atoms with E-state index in [1.165, 1.54) is 6.92 Å². The number of carbonyl (C=O) groups excluding carboxylic acids is 2. The van der Waals surface area contributed by atoms with Crippen molar-refractivity contribution in [1.82, 2.24) is 0 Å². The summed E-state index contributed by atoms with van der Waals surface area (Å²) in [6.45, 7) is 1.35. The third kappa shape index (κ3) is 3.32. The van der Waals surface area contributed by atoms with Gasteiger partial charge in [-0.3, -0.25) is 9.59 Å². The molecule has 0 aromatic heterocycles. The first-order chi connectivity index (χ1) is 4.57. The molecule has 4 nitrogen and oxygen atoms in total. The SMILES string of the molecule is CC(O)C(O)CC(=O)C=O. The van der Waals surface area contributed by atoms with E-state index in [1.54, 1.807) is 0 Å². The second-order valence-corrected chi connectivity index (χ2v) is 2.10. The number of aliphatic hydroxyl groups is 2. The Labute approximate surface area is 58.5 Å². The average molecular weight is 146 g/mol. The Morgan fingerprint density at radius 3 is 2.40 bits per heavy atom. The van der Waals surface area contributed by atoms with Crippen molar-refractivity contribution in [3.63, 3.8) is 0 Å². The third-order valence-corrected chi connectivity index (χ3v) is 1.10. The van der Waals surface area contributed by atoms with Gasteiger partial charge in [-0.1, -0.05) is 0 Å². The number of hydrogen-bond donors (Lipinski definition) is 2. The van der Waals surface area contributed by atoms with Gasteiger partial charge < -0.3 is 10.2 Å². The molecule has 0 fully saturated rings. The molecular formula is C6H10O4. The Kier molecular flexibility index (Phi) is 3.83. The lowest BCUT2D eigenvalue weighted by atomic mass is 10.1. The normalized spacial score (nSPS) is 15.9. The Morgan fingerprint density at radius 2 is 2.10 bits per heavy atom. The summed E-state index contributed by atoms with van der Waals surface area (Å²) in [6.07, 6.45) is -2.27. The highest BCUT2D eigenvalue weighted by molar-refractivity contribution is 6.25. The van der Waals surface area contributed by atoms with Gasteiger partial charge in [0.15, 0.2) is 12.1 Å². The highest BCUT2D eigenvalue weighted by atomic mass is 16.3. The van der Waals surface area contributed by atoms with Crippen LogP contribution in [0, 0.1) is 0 Å². The predicted molar refractivity (Wildman–Crippen MR) is 33.4 cm³/mol. The molecule has 0 aromatic carbocycles. The Morgan fingerprint density at radius 1 is 1.60 bits per heavy atom. The molecule has 0 bridgehead atoms. The highest BCUT2D eigenvalue weighted by Gasteiger charge is 2.14. The van der Waals surface area contributed by atoms with E-state index in [0.29, 0.717) is 0 Å². The number of aliphatic hydroxyl groups excluding tert-OH is 2. The Bertz CT molecular complexity index is 130. The van der Waals surface area contributed by atoms with E-state index in [9.17, 15) is 9.59 Å². The zero-order valence-corrected chi connectivity index (χ0v) is 5.65. The quantitative estimate of drug-likeness (QED) is 0.389. The molecule has 0 saturated carbocycles. The van der Waals surface area contributed by atoms with Crippen LogP contribution in [0.1, 0.15) is 13.3 Å². The van der Waals surface area contributed by atoms with Crippen molar-refractivity contribution in [2.24, 2.45) is 0 Å². The molecule has 4 heteroatoms. The number of Topliss-reactive ketones (excluding diaryl/α,β-unsaturated/α-hetero) is 1. The van der Waals surface area contributed by atoms with E-state index in [0.717, 1.165) is 0 Å². The molecule has 0 aliphatic carbocycles. The molecule has 2 N–H and O–H groups in total. The molecule has 0 aliphatic rings. The van der Waals surface area contributed by atoms with E-state index in [4.69, 9.17) is 10.2 Å². The van der Waals surface area contributed by atoms with Crippen molar-refractivity contribution in [3.05, 3.63) is 0 Å². The summed E-state index contributed by atoms with van der Waals surface area (Å²) in [5.41, 5.74) is 0. The second kappa shape index (κ2) is 4.14. The number of aldehydes is 1. The lowest BCUT2D eigenvalue weighted by molar-refractivity contribution is -0.132. The van der Waals surface area contributed by atoms with Gasteiger partial charge in [-0.15, -0.1) is 0 Å². The zero-order chi connectivity index (χ0) is 8.15. The van der Waals surface area contributed by atoms with Crippen LogP contribution in [0.15, 0.2) is 0 Å². The number of hydrogen-bond acceptors (Lipinski definition) is 4. The molecule has 0 aromatic rings. The first-order valence-corrected chi connectivity index (χ1v) is 2.92. The van der Waals surface area contributed by atoms with Crippen molar-refractivity contribution in [3.8, 4) is 0 Å². The lowest BCUT2D eigenvalue weighted by Crippen LogP contribution is -2.25. The van der Waals surface area contributed by atoms with Crippen LogP contribution >= 0.6 is 0 Å². The summed E-state index contributed by atoms with van der Waals surface area (Å²) in [6, 6.07) is 0. The Hall–Kier alpha value is -0.740. The standard InChI is InChI=1S/C6H10O4/c1-4(8)6(10)2-5(9)3-7/h3-4,6,8,10H,2H2,1H3. The van der Waals surface area contributed by atoms with E-state index < -0.39 is 18.0 Å². The van der Waals surface area contributed by atoms with E-state index >= 15 is 0 Å². The summed E-state index contributed by atoms with van der Waals surface area (Å²) >= 11 is 0. The van der Waals surface area contributed by atoms with Gasteiger partial charge in [0, 0.05) is 6.42 Å². The van der Waals surface area contributed by atoms with Crippen molar-refractivity contribution in [2.75, 3.05) is 0 Å². The number of carbonyl (C=O) groups is 2. The van der Waals surface area contributed by atoms with Gasteiger partial charge in [0.05, 0.1) is 12.2 Å². The third-order valence-electron chi connectivity index (χ3n) is 1.10. The molecule has 0 spiro atoms. The van der Waals surface area contributed by atoms with Crippen molar-refractivity contribution < 1.29 is 19.8 Å². The van der Waals surface area contributed by atoms with Crippen molar-refractivity contribution >= 4 is 12.1 Å². The molecule has 0 radical (unpaired) electrons. The highest BCUT2D eigenvalue weighted by Crippen LogP contribution is 1.97. The summed E-state index contributed by atoms with van der Waals surface area (Å²) in [5.74, 6) is -0.701. The van der Waals surface area contributed by atoms with Crippen LogP contribution in [0.25, 0.3) is 0 Å². The Balaban J connectivity index is 3.67. The summed E-state index contributed by atoms with van der Waals surface area (Å²) < 4.78 is 0. The smallest absolute Gasteiger partial charge is 0.197 e. The second-order valence-electron chi connectivity index (χ2n) is 2.10. The van der Waals surface area contributed by atoms with Gasteiger partial charge >= 0.3 is 0 Å². The van der Waals surface area contributed by atoms with Gasteiger partial charge in [-0.25, -0.2) is 0 Å². The van der Waals surface area contributed by atoms with E-state index in [2.05, 4.69) is 0 Å². The maximum absolute atomic E-state index is 10.3. The first kappa shape index (κ1) is 9.26. The van der Waals surface area contributed by atoms with Crippen LogP contribution in [0.5, 0.6) is 0 Å². The fourth-order valence-corrected chi connectivity index (χ4v) is 0.425. The minimum absolute atomic E-state index is 0.131. The van der Waals surface area contributed by atoms with Crippen LogP contribution in [0.4, 0.5) is 0 Å². The largest absolute Gasteiger partial charge is 0.391 e. The fourth-order valence-electron chi connectivity index (χ4n) is 0.425. The van der Waals surface area contributed by atoms with Crippen LogP contribution < -0.4 is 0 Å². The fraction of sp³-hybridized carbons (Fsp3) is 0.667. The van der Waals surface area contributed by atoms with Crippen LogP contribution in [0.2, 0.25) is 0 Å². The average Bonchev–Trinajstić information content (AvgIpc) is 1.87. The molecule has 0 heterocycles. The van der Waals surface area contributed by atoms with Gasteiger partial charge in [0.25, 0.3) is 0 Å². The van der Waals surface area contributed by atoms with Crippen LogP contribution in [-0.2, 0) is 9.59 Å². The van der Waals surface area contributed by atoms with E-state index in [1.807, 2.05) is 0 Å². The van der Waals surface area contributed by atoms with Gasteiger partial charge in [-0.05, 0) is 6.92 Å². The molecule has 58 valence electrons. The monoisotopic (exact) mass is 146 g/mol. The summed E-state index contributed by atoms with van der Waals surface area (Å²) in [4.78, 5) is 20.0. The van der Waals surface area contributed by atoms with Gasteiger partial charge in [0.2, 0.25) is 0 Å². The maximum Gasteiger partial charge on any atom is 0.197 e. The topological polar surface area (TPSA) is 74.6 Å². The molecule has 0 saturated heterocycles. The minimum Gasteiger partial charge on any atom is -0.391 e. The van der Waals surface area contributed by atoms with Gasteiger partial charge in [0.1, 0.15) is 0 Å². The summed E-state index contributed by atoms with van der Waals surface area (Å²) in [7, 11) is 0. The first-order valence-electron chi connectivity index (χ1n) is 2.92. The molecule has 0 amide bonds. The molecule has 0 aliphatic heterocycles. The van der Waals surface area contributed by atoms with Crippen LogP contribution in [-0.4, -0.2) is 34.5 Å². The van der Waals surface area contributed by atoms with Crippen LogP contribution in [0.3, 0.4) is 0 Å². The molecule has 10 heavy (non-hydrogen) atoms. The van der Waals surface area contributed by atoms with E-state index in [-0.39, 0.29) is 12.7 Å². The molecule has 2 atom stereocenters. The molecule has 2 unspecified atom stereocenters. The number of rotatable bonds is 4. The predicted octanol–water partition coefficient (Wildman–Crippen LogP) is -1.11.